The first kappa shape index (κ1) is 22.5. The van der Waals surface area contributed by atoms with Gasteiger partial charge in [-0.15, -0.1) is 0 Å². The quantitative estimate of drug-likeness (QED) is 0.644. The van der Waals surface area contributed by atoms with Crippen LogP contribution in [0.5, 0.6) is 0 Å². The van der Waals surface area contributed by atoms with Crippen LogP contribution in [0.2, 0.25) is 5.02 Å². The predicted molar refractivity (Wildman–Crippen MR) is 113 cm³/mol. The van der Waals surface area contributed by atoms with E-state index in [4.69, 9.17) is 16.3 Å². The third-order valence-corrected chi connectivity index (χ3v) is 7.38. The largest absolute Gasteiger partial charge is 0.377 e. The highest BCUT2D eigenvalue weighted by atomic mass is 35.5. The number of piperidine rings is 1. The fourth-order valence-electron chi connectivity index (χ4n) is 3.82. The molecule has 1 aromatic rings. The van der Waals surface area contributed by atoms with Crippen LogP contribution >= 0.6 is 11.6 Å². The summed E-state index contributed by atoms with van der Waals surface area (Å²) >= 11 is 6.13. The van der Waals surface area contributed by atoms with Crippen molar-refractivity contribution in [2.45, 2.75) is 56.1 Å². The van der Waals surface area contributed by atoms with E-state index in [1.807, 2.05) is 0 Å². The molecule has 2 saturated heterocycles. The number of hydrogen-bond donors (Lipinski definition) is 2. The van der Waals surface area contributed by atoms with Crippen molar-refractivity contribution in [1.29, 1.82) is 0 Å². The number of hydrogen-bond acceptors (Lipinski definition) is 5. The molecule has 0 bridgehead atoms. The lowest BCUT2D eigenvalue weighted by molar-refractivity contribution is 0.0911. The Labute approximate surface area is 178 Å². The fraction of sp³-hybridized carbons (Fsp3) is 0.650. The van der Waals surface area contributed by atoms with Crippen LogP contribution in [-0.4, -0.2) is 64.2 Å². The molecule has 2 N–H and O–H groups in total. The first-order valence-corrected chi connectivity index (χ1v) is 12.2. The molecular formula is C20H30ClN3O4S. The zero-order chi connectivity index (χ0) is 20.9. The number of ether oxygens (including phenoxy) is 1. The van der Waals surface area contributed by atoms with Gasteiger partial charge in [0.15, 0.2) is 0 Å². The summed E-state index contributed by atoms with van der Waals surface area (Å²) in [6, 6.07) is 4.47. The second-order valence-corrected chi connectivity index (χ2v) is 9.86. The Morgan fingerprint density at radius 2 is 2.03 bits per heavy atom. The van der Waals surface area contributed by atoms with Gasteiger partial charge in [-0.25, -0.2) is 13.1 Å². The van der Waals surface area contributed by atoms with E-state index in [-0.39, 0.29) is 34.5 Å². The maximum Gasteiger partial charge on any atom is 0.251 e. The van der Waals surface area contributed by atoms with Crippen molar-refractivity contribution in [2.24, 2.45) is 0 Å². The summed E-state index contributed by atoms with van der Waals surface area (Å²) in [4.78, 5) is 15.0. The fourth-order valence-corrected chi connectivity index (χ4v) is 5.41. The third-order valence-electron chi connectivity index (χ3n) is 5.47. The van der Waals surface area contributed by atoms with E-state index in [2.05, 4.69) is 21.9 Å². The Balaban J connectivity index is 1.62. The van der Waals surface area contributed by atoms with Crippen LogP contribution in [0.25, 0.3) is 0 Å². The predicted octanol–water partition coefficient (Wildman–Crippen LogP) is 2.40. The first-order valence-electron chi connectivity index (χ1n) is 10.3. The molecule has 0 spiro atoms. The molecule has 1 unspecified atom stereocenters. The van der Waals surface area contributed by atoms with Gasteiger partial charge < -0.3 is 15.0 Å². The summed E-state index contributed by atoms with van der Waals surface area (Å²) < 4.78 is 33.4. The minimum atomic E-state index is -3.83. The number of amides is 1. The number of nitrogens with one attached hydrogen (secondary N) is 2. The molecule has 29 heavy (non-hydrogen) atoms. The van der Waals surface area contributed by atoms with Crippen molar-refractivity contribution in [1.82, 2.24) is 14.9 Å². The average Bonchev–Trinajstić information content (AvgIpc) is 3.22. The van der Waals surface area contributed by atoms with E-state index in [9.17, 15) is 13.2 Å². The minimum Gasteiger partial charge on any atom is -0.377 e. The van der Waals surface area contributed by atoms with Gasteiger partial charge in [-0.3, -0.25) is 4.79 Å². The van der Waals surface area contributed by atoms with Gasteiger partial charge in [0.1, 0.15) is 4.90 Å². The van der Waals surface area contributed by atoms with Crippen LogP contribution in [0.4, 0.5) is 0 Å². The molecule has 1 atom stereocenters. The Bertz CT molecular complexity index is 804. The molecule has 2 fully saturated rings. The number of carbonyl (C=O) groups is 1. The van der Waals surface area contributed by atoms with E-state index in [0.717, 1.165) is 51.7 Å². The lowest BCUT2D eigenvalue weighted by atomic mass is 10.0. The zero-order valence-electron chi connectivity index (χ0n) is 16.8. The highest BCUT2D eigenvalue weighted by molar-refractivity contribution is 7.89. The average molecular weight is 444 g/mol. The van der Waals surface area contributed by atoms with E-state index in [0.29, 0.717) is 12.2 Å². The molecule has 9 heteroatoms. The third kappa shape index (κ3) is 6.15. The van der Waals surface area contributed by atoms with Crippen LogP contribution in [0, 0.1) is 0 Å². The molecule has 3 rings (SSSR count). The van der Waals surface area contributed by atoms with Gasteiger partial charge in [0.25, 0.3) is 5.91 Å². The van der Waals surface area contributed by atoms with Gasteiger partial charge in [-0.05, 0) is 56.8 Å². The molecular weight excluding hydrogens is 414 g/mol. The molecule has 0 radical (unpaired) electrons. The number of nitrogens with zero attached hydrogens (tertiary/aromatic N) is 1. The van der Waals surface area contributed by atoms with Crippen molar-refractivity contribution in [3.05, 3.63) is 28.8 Å². The van der Waals surface area contributed by atoms with Gasteiger partial charge in [-0.1, -0.05) is 18.5 Å². The van der Waals surface area contributed by atoms with Gasteiger partial charge in [-0.2, -0.15) is 0 Å². The summed E-state index contributed by atoms with van der Waals surface area (Å²) in [7, 11) is -3.83. The normalized spacial score (nSPS) is 21.4. The van der Waals surface area contributed by atoms with Crippen LogP contribution in [-0.2, 0) is 14.8 Å². The number of carbonyl (C=O) groups excluding carboxylic acids is 1. The minimum absolute atomic E-state index is 0.0809. The second-order valence-electron chi connectivity index (χ2n) is 7.72. The number of likely N-dealkylation sites (tertiary alicyclic amines) is 1. The molecule has 162 valence electrons. The van der Waals surface area contributed by atoms with Crippen molar-refractivity contribution >= 4 is 27.5 Å². The molecule has 2 aliphatic rings. The smallest absolute Gasteiger partial charge is 0.251 e. The molecule has 0 aliphatic carbocycles. The van der Waals surface area contributed by atoms with Gasteiger partial charge in [0.05, 0.1) is 11.1 Å². The topological polar surface area (TPSA) is 87.7 Å². The van der Waals surface area contributed by atoms with Crippen LogP contribution in [0.1, 0.15) is 49.4 Å². The Hall–Kier alpha value is -1.19. The second kappa shape index (κ2) is 10.2. The Morgan fingerprint density at radius 3 is 2.69 bits per heavy atom. The van der Waals surface area contributed by atoms with Gasteiger partial charge in [0.2, 0.25) is 10.0 Å². The monoisotopic (exact) mass is 443 g/mol. The summed E-state index contributed by atoms with van der Waals surface area (Å²) in [5.74, 6) is -0.272. The van der Waals surface area contributed by atoms with Crippen LogP contribution < -0.4 is 10.0 Å². The van der Waals surface area contributed by atoms with Crippen molar-refractivity contribution in [3.8, 4) is 0 Å². The van der Waals surface area contributed by atoms with Gasteiger partial charge >= 0.3 is 0 Å². The summed E-state index contributed by atoms with van der Waals surface area (Å²) in [6.45, 7) is 6.03. The lowest BCUT2D eigenvalue weighted by Crippen LogP contribution is -2.44. The summed E-state index contributed by atoms with van der Waals surface area (Å²) in [6.07, 6.45) is 4.56. The first-order chi connectivity index (χ1) is 13.9. The SMILES string of the molecule is CCCN1CCC(NC(=O)c2ccc(Cl)c(S(=O)(=O)NCC3CCCO3)c2)CC1. The number of sulfonamides is 1. The lowest BCUT2D eigenvalue weighted by Gasteiger charge is -2.32. The maximum atomic E-state index is 12.7. The molecule has 2 aliphatic heterocycles. The standard InChI is InChI=1S/C20H30ClN3O4S/c1-2-9-24-10-7-16(8-11-24)23-20(25)15-5-6-18(21)19(13-15)29(26,27)22-14-17-4-3-12-28-17/h5-6,13,16-17,22H,2-4,7-12,14H2,1H3,(H,23,25). The number of halogens is 1. The van der Waals surface area contributed by atoms with Crippen molar-refractivity contribution < 1.29 is 17.9 Å². The molecule has 0 aromatic heterocycles. The molecule has 7 nitrogen and oxygen atoms in total. The summed E-state index contributed by atoms with van der Waals surface area (Å²) in [5, 5.41) is 3.12. The van der Waals surface area contributed by atoms with E-state index in [1.165, 1.54) is 12.1 Å². The van der Waals surface area contributed by atoms with E-state index in [1.54, 1.807) is 6.07 Å². The zero-order valence-corrected chi connectivity index (χ0v) is 18.4. The highest BCUT2D eigenvalue weighted by Gasteiger charge is 2.25. The molecule has 0 saturated carbocycles. The van der Waals surface area contributed by atoms with Crippen molar-refractivity contribution in [2.75, 3.05) is 32.8 Å². The number of rotatable bonds is 8. The van der Waals surface area contributed by atoms with Crippen molar-refractivity contribution in [3.63, 3.8) is 0 Å². The van der Waals surface area contributed by atoms with Crippen LogP contribution in [0.3, 0.4) is 0 Å². The molecule has 1 aromatic carbocycles. The van der Waals surface area contributed by atoms with Crippen LogP contribution in [0.15, 0.2) is 23.1 Å². The molecule has 2 heterocycles. The van der Waals surface area contributed by atoms with E-state index < -0.39 is 10.0 Å². The van der Waals surface area contributed by atoms with E-state index >= 15 is 0 Å². The highest BCUT2D eigenvalue weighted by Crippen LogP contribution is 2.23. The molecule has 1 amide bonds. The Kier molecular flexibility index (Phi) is 7.92. The summed E-state index contributed by atoms with van der Waals surface area (Å²) in [5.41, 5.74) is 0.294. The maximum absolute atomic E-state index is 12.7. The Morgan fingerprint density at radius 1 is 1.28 bits per heavy atom. The number of benzene rings is 1. The van der Waals surface area contributed by atoms with Gasteiger partial charge in [0, 0.05) is 37.8 Å².